The van der Waals surface area contributed by atoms with Crippen LogP contribution in [0.4, 0.5) is 0 Å². The Labute approximate surface area is 136 Å². The first-order valence-electron chi connectivity index (χ1n) is 6.29. The van der Waals surface area contributed by atoms with Crippen LogP contribution in [0.3, 0.4) is 0 Å². The fourth-order valence-electron chi connectivity index (χ4n) is 1.82. The molecule has 1 aliphatic carbocycles. The van der Waals surface area contributed by atoms with Crippen molar-refractivity contribution in [1.82, 2.24) is 9.55 Å². The molecule has 1 aromatic heterocycles. The lowest BCUT2D eigenvalue weighted by atomic mass is 10.3. The van der Waals surface area contributed by atoms with Gasteiger partial charge in [-0.3, -0.25) is 19.3 Å². The normalized spacial score (nSPS) is 20.0. The van der Waals surface area contributed by atoms with Gasteiger partial charge in [-0.2, -0.15) is 0 Å². The number of hydrogen-bond acceptors (Lipinski definition) is 5. The molecule has 0 radical (unpaired) electrons. The third-order valence-corrected chi connectivity index (χ3v) is 4.48. The van der Waals surface area contributed by atoms with E-state index in [-0.39, 0.29) is 22.1 Å². The quantitative estimate of drug-likeness (QED) is 0.465. The van der Waals surface area contributed by atoms with Gasteiger partial charge in [0.25, 0.3) is 5.56 Å². The molecule has 1 unspecified atom stereocenters. The number of hydrogen-bond donors (Lipinski definition) is 2. The van der Waals surface area contributed by atoms with Crippen molar-refractivity contribution in [3.05, 3.63) is 20.7 Å². The number of aromatic amines is 1. The van der Waals surface area contributed by atoms with Crippen LogP contribution in [-0.4, -0.2) is 45.5 Å². The molecule has 0 spiro atoms. The van der Waals surface area contributed by atoms with E-state index in [1.807, 2.05) is 0 Å². The van der Waals surface area contributed by atoms with Crippen molar-refractivity contribution in [2.45, 2.75) is 17.3 Å². The van der Waals surface area contributed by atoms with Gasteiger partial charge in [0.2, 0.25) is 5.88 Å². The number of halogens is 2. The SMILES string of the molecule is COCCn1c(O)c(C=NCC2CC2(Cl)Cl)c(=O)[nH]c1=S. The van der Waals surface area contributed by atoms with Crippen molar-refractivity contribution in [1.29, 1.82) is 0 Å². The van der Waals surface area contributed by atoms with Crippen LogP contribution in [0.15, 0.2) is 9.79 Å². The highest BCUT2D eigenvalue weighted by Crippen LogP contribution is 2.53. The molecular formula is C12H15Cl2N3O3S. The molecule has 0 amide bonds. The molecule has 1 aliphatic rings. The zero-order valence-corrected chi connectivity index (χ0v) is 13.6. The molecule has 116 valence electrons. The number of alkyl halides is 2. The maximum Gasteiger partial charge on any atom is 0.264 e. The van der Waals surface area contributed by atoms with E-state index >= 15 is 0 Å². The third kappa shape index (κ3) is 3.85. The zero-order valence-electron chi connectivity index (χ0n) is 11.3. The lowest BCUT2D eigenvalue weighted by molar-refractivity contribution is 0.182. The number of aliphatic imine (C=N–C) groups is 1. The Kier molecular flexibility index (Phi) is 5.08. The van der Waals surface area contributed by atoms with Crippen LogP contribution in [0.5, 0.6) is 5.88 Å². The summed E-state index contributed by atoms with van der Waals surface area (Å²) in [7, 11) is 1.54. The fourth-order valence-corrected chi connectivity index (χ4v) is 2.60. The Morgan fingerprint density at radius 3 is 2.90 bits per heavy atom. The molecule has 0 saturated heterocycles. The molecular weight excluding hydrogens is 337 g/mol. The van der Waals surface area contributed by atoms with Gasteiger partial charge >= 0.3 is 0 Å². The second-order valence-corrected chi connectivity index (χ2v) is 6.73. The number of aromatic nitrogens is 2. The molecule has 2 rings (SSSR count). The number of rotatable bonds is 6. The van der Waals surface area contributed by atoms with Crippen LogP contribution in [-0.2, 0) is 11.3 Å². The van der Waals surface area contributed by atoms with Crippen LogP contribution in [0.1, 0.15) is 12.0 Å². The zero-order chi connectivity index (χ0) is 15.6. The average molecular weight is 352 g/mol. The number of methoxy groups -OCH3 is 1. The first-order valence-corrected chi connectivity index (χ1v) is 7.46. The van der Waals surface area contributed by atoms with Crippen molar-refractivity contribution in [3.63, 3.8) is 0 Å². The largest absolute Gasteiger partial charge is 0.494 e. The number of ether oxygens (including phenoxy) is 1. The molecule has 1 fully saturated rings. The first kappa shape index (κ1) is 16.5. The topological polar surface area (TPSA) is 79.6 Å². The fraction of sp³-hybridized carbons (Fsp3) is 0.583. The lowest BCUT2D eigenvalue weighted by Gasteiger charge is -2.10. The molecule has 0 bridgehead atoms. The lowest BCUT2D eigenvalue weighted by Crippen LogP contribution is -2.20. The van der Waals surface area contributed by atoms with Crippen molar-refractivity contribution in [2.75, 3.05) is 20.3 Å². The van der Waals surface area contributed by atoms with Gasteiger partial charge in [-0.15, -0.1) is 23.2 Å². The Morgan fingerprint density at radius 1 is 1.67 bits per heavy atom. The van der Waals surface area contributed by atoms with E-state index in [1.54, 1.807) is 0 Å². The summed E-state index contributed by atoms with van der Waals surface area (Å²) < 4.78 is 5.74. The Balaban J connectivity index is 2.20. The van der Waals surface area contributed by atoms with Gasteiger partial charge in [0.15, 0.2) is 4.77 Å². The van der Waals surface area contributed by atoms with Crippen LogP contribution >= 0.6 is 35.4 Å². The number of H-pyrrole nitrogens is 1. The van der Waals surface area contributed by atoms with Gasteiger partial charge in [0, 0.05) is 25.8 Å². The molecule has 1 saturated carbocycles. The van der Waals surface area contributed by atoms with Crippen LogP contribution in [0.2, 0.25) is 0 Å². The highest BCUT2D eigenvalue weighted by Gasteiger charge is 2.51. The van der Waals surface area contributed by atoms with E-state index in [1.165, 1.54) is 17.9 Å². The van der Waals surface area contributed by atoms with Gasteiger partial charge in [-0.05, 0) is 18.6 Å². The molecule has 21 heavy (non-hydrogen) atoms. The summed E-state index contributed by atoms with van der Waals surface area (Å²) in [4.78, 5) is 18.4. The van der Waals surface area contributed by atoms with Crippen LogP contribution in [0.25, 0.3) is 0 Å². The van der Waals surface area contributed by atoms with E-state index in [2.05, 4.69) is 9.98 Å². The van der Waals surface area contributed by atoms with Crippen LogP contribution in [0, 0.1) is 10.7 Å². The van der Waals surface area contributed by atoms with E-state index in [4.69, 9.17) is 40.2 Å². The van der Waals surface area contributed by atoms with Gasteiger partial charge in [0.1, 0.15) is 9.90 Å². The summed E-state index contributed by atoms with van der Waals surface area (Å²) in [5.74, 6) is -0.152. The summed E-state index contributed by atoms with van der Waals surface area (Å²) in [5, 5.41) is 10.1. The average Bonchev–Trinajstić information content (AvgIpc) is 3.00. The van der Waals surface area contributed by atoms with Crippen molar-refractivity contribution in [2.24, 2.45) is 10.9 Å². The molecule has 1 heterocycles. The molecule has 6 nitrogen and oxygen atoms in total. The maximum absolute atomic E-state index is 11.8. The molecule has 1 atom stereocenters. The summed E-state index contributed by atoms with van der Waals surface area (Å²) in [6.45, 7) is 1.08. The molecule has 9 heteroatoms. The monoisotopic (exact) mass is 351 g/mol. The second kappa shape index (κ2) is 6.48. The summed E-state index contributed by atoms with van der Waals surface area (Å²) in [6, 6.07) is 0. The van der Waals surface area contributed by atoms with Crippen LogP contribution < -0.4 is 5.56 Å². The van der Waals surface area contributed by atoms with Gasteiger partial charge in [0.05, 0.1) is 13.2 Å². The maximum atomic E-state index is 11.8. The van der Waals surface area contributed by atoms with E-state index < -0.39 is 9.89 Å². The second-order valence-electron chi connectivity index (χ2n) is 4.80. The highest BCUT2D eigenvalue weighted by atomic mass is 35.5. The standard InChI is InChI=1S/C12H15Cl2N3O3S/c1-20-3-2-17-10(19)8(9(18)16-11(17)21)6-15-5-7-4-12(7,13)14/h6-7,19H,2-5H2,1H3,(H,16,18,21). The Bertz CT molecular complexity index is 669. The van der Waals surface area contributed by atoms with Crippen molar-refractivity contribution in [3.8, 4) is 5.88 Å². The predicted octanol–water partition coefficient (Wildman–Crippen LogP) is 1.87. The number of nitrogens with one attached hydrogen (secondary N) is 1. The molecule has 2 N–H and O–H groups in total. The van der Waals surface area contributed by atoms with Crippen molar-refractivity contribution < 1.29 is 9.84 Å². The third-order valence-electron chi connectivity index (χ3n) is 3.23. The minimum atomic E-state index is -0.714. The number of nitrogens with zero attached hydrogens (tertiary/aromatic N) is 2. The minimum absolute atomic E-state index is 0.0510. The van der Waals surface area contributed by atoms with E-state index in [0.29, 0.717) is 26.1 Å². The van der Waals surface area contributed by atoms with E-state index in [9.17, 15) is 9.90 Å². The Hall–Kier alpha value is -0.890. The molecule has 0 aliphatic heterocycles. The van der Waals surface area contributed by atoms with Gasteiger partial charge in [-0.25, -0.2) is 0 Å². The van der Waals surface area contributed by atoms with Crippen molar-refractivity contribution >= 4 is 41.6 Å². The molecule has 0 aromatic carbocycles. The Morgan fingerprint density at radius 2 is 2.33 bits per heavy atom. The minimum Gasteiger partial charge on any atom is -0.494 e. The van der Waals surface area contributed by atoms with E-state index in [0.717, 1.165) is 0 Å². The van der Waals surface area contributed by atoms with Gasteiger partial charge < -0.3 is 9.84 Å². The first-order chi connectivity index (χ1) is 9.86. The summed E-state index contributed by atoms with van der Waals surface area (Å²) in [6.07, 6.45) is 1.99. The highest BCUT2D eigenvalue weighted by molar-refractivity contribution is 7.71. The van der Waals surface area contributed by atoms with Gasteiger partial charge in [-0.1, -0.05) is 0 Å². The number of aromatic hydroxyl groups is 1. The summed E-state index contributed by atoms with van der Waals surface area (Å²) >= 11 is 16.8. The molecule has 1 aromatic rings. The predicted molar refractivity (Wildman–Crippen MR) is 84.4 cm³/mol. The summed E-state index contributed by atoms with van der Waals surface area (Å²) in [5.41, 5.74) is -0.441. The smallest absolute Gasteiger partial charge is 0.264 e.